The smallest absolute Gasteiger partial charge is 0.374 e. The minimum atomic E-state index is -0.450. The van der Waals surface area contributed by atoms with Gasteiger partial charge in [-0.2, -0.15) is 0 Å². The predicted octanol–water partition coefficient (Wildman–Crippen LogP) is 4.48. The fraction of sp³-hybridized carbons (Fsp3) is 0.150. The van der Waals surface area contributed by atoms with Crippen LogP contribution in [-0.2, 0) is 10.5 Å². The molecule has 0 aliphatic rings. The van der Waals surface area contributed by atoms with Crippen LogP contribution in [-0.4, -0.2) is 27.3 Å². The Kier molecular flexibility index (Phi) is 4.93. The number of ether oxygens (including phenoxy) is 1. The van der Waals surface area contributed by atoms with E-state index in [9.17, 15) is 4.79 Å². The number of fused-ring (bicyclic) bond motifs is 1. The lowest BCUT2D eigenvalue weighted by molar-refractivity contribution is 0.0491. The van der Waals surface area contributed by atoms with E-state index in [0.717, 1.165) is 21.8 Å². The van der Waals surface area contributed by atoms with Gasteiger partial charge in [0.2, 0.25) is 5.76 Å². The Labute approximate surface area is 160 Å². The summed E-state index contributed by atoms with van der Waals surface area (Å²) < 4.78 is 12.8. The number of carbonyl (C=O) groups excluding carboxylic acids is 1. The molecule has 0 saturated heterocycles. The van der Waals surface area contributed by atoms with Gasteiger partial charge in [0.1, 0.15) is 11.9 Å². The molecule has 0 N–H and O–H groups in total. The minimum Gasteiger partial charge on any atom is -0.460 e. The van der Waals surface area contributed by atoms with Crippen LogP contribution in [0.15, 0.2) is 70.5 Å². The zero-order valence-electron chi connectivity index (χ0n) is 14.7. The molecule has 4 aromatic rings. The molecule has 7 heteroatoms. The maximum absolute atomic E-state index is 12.3. The third kappa shape index (κ3) is 3.46. The zero-order chi connectivity index (χ0) is 18.6. The van der Waals surface area contributed by atoms with Gasteiger partial charge >= 0.3 is 5.97 Å². The van der Waals surface area contributed by atoms with Gasteiger partial charge in [-0.25, -0.2) is 4.79 Å². The maximum Gasteiger partial charge on any atom is 0.374 e. The average molecular weight is 379 g/mol. The first kappa shape index (κ1) is 17.4. The molecule has 136 valence electrons. The van der Waals surface area contributed by atoms with Crippen molar-refractivity contribution in [1.29, 1.82) is 0 Å². The summed E-state index contributed by atoms with van der Waals surface area (Å²) in [6, 6.07) is 17.5. The number of esters is 1. The number of rotatable bonds is 6. The lowest BCUT2D eigenvalue weighted by atomic mass is 10.1. The summed E-state index contributed by atoms with van der Waals surface area (Å²) >= 11 is 1.49. The van der Waals surface area contributed by atoms with Crippen molar-refractivity contribution in [2.24, 2.45) is 0 Å². The normalized spacial score (nSPS) is 11.0. The van der Waals surface area contributed by atoms with Crippen molar-refractivity contribution in [2.45, 2.75) is 17.8 Å². The van der Waals surface area contributed by atoms with E-state index in [1.807, 2.05) is 59.2 Å². The summed E-state index contributed by atoms with van der Waals surface area (Å²) in [4.78, 5) is 12.3. The molecule has 27 heavy (non-hydrogen) atoms. The van der Waals surface area contributed by atoms with Gasteiger partial charge in [-0.1, -0.05) is 48.2 Å². The largest absolute Gasteiger partial charge is 0.460 e. The number of carbonyl (C=O) groups is 1. The summed E-state index contributed by atoms with van der Waals surface area (Å²) in [5.74, 6) is 0.307. The fourth-order valence-corrected chi connectivity index (χ4v) is 3.79. The van der Waals surface area contributed by atoms with Crippen LogP contribution in [0.2, 0.25) is 0 Å². The van der Waals surface area contributed by atoms with Crippen LogP contribution < -0.4 is 0 Å². The van der Waals surface area contributed by atoms with E-state index in [1.165, 1.54) is 11.8 Å². The van der Waals surface area contributed by atoms with E-state index in [1.54, 1.807) is 13.3 Å². The highest BCUT2D eigenvalue weighted by Crippen LogP contribution is 2.32. The lowest BCUT2D eigenvalue weighted by Crippen LogP contribution is -2.06. The summed E-state index contributed by atoms with van der Waals surface area (Å²) in [5, 5.41) is 9.88. The predicted molar refractivity (Wildman–Crippen MR) is 103 cm³/mol. The first-order valence-electron chi connectivity index (χ1n) is 8.53. The second kappa shape index (κ2) is 7.67. The van der Waals surface area contributed by atoms with Gasteiger partial charge in [0, 0.05) is 22.4 Å². The van der Waals surface area contributed by atoms with Crippen LogP contribution in [0, 0.1) is 0 Å². The third-order valence-corrected chi connectivity index (χ3v) is 5.03. The van der Waals surface area contributed by atoms with Crippen LogP contribution in [0.25, 0.3) is 16.7 Å². The molecule has 2 heterocycles. The van der Waals surface area contributed by atoms with Crippen molar-refractivity contribution in [3.05, 3.63) is 72.2 Å². The minimum absolute atomic E-state index is 0.247. The molecule has 0 atom stereocenters. The molecular formula is C20H17N3O3S. The van der Waals surface area contributed by atoms with Crippen LogP contribution in [0.5, 0.6) is 0 Å². The molecule has 0 bridgehead atoms. The molecule has 2 aromatic carbocycles. The molecule has 0 radical (unpaired) electrons. The average Bonchev–Trinajstić information content (AvgIpc) is 3.32. The molecular weight excluding hydrogens is 362 g/mol. The van der Waals surface area contributed by atoms with Crippen molar-refractivity contribution >= 4 is 28.7 Å². The number of nitrogens with zero attached hydrogens (tertiary/aromatic N) is 3. The molecule has 0 saturated carbocycles. The van der Waals surface area contributed by atoms with Crippen molar-refractivity contribution in [1.82, 2.24) is 14.8 Å². The maximum atomic E-state index is 12.3. The molecule has 0 amide bonds. The topological polar surface area (TPSA) is 70.2 Å². The highest BCUT2D eigenvalue weighted by Gasteiger charge is 2.22. The number of furan rings is 1. The monoisotopic (exact) mass is 379 g/mol. The molecule has 0 unspecified atom stereocenters. The Hall–Kier alpha value is -3.06. The zero-order valence-corrected chi connectivity index (χ0v) is 15.5. The van der Waals surface area contributed by atoms with Crippen molar-refractivity contribution in [2.75, 3.05) is 6.61 Å². The van der Waals surface area contributed by atoms with E-state index >= 15 is 0 Å². The molecule has 0 fully saturated rings. The van der Waals surface area contributed by atoms with E-state index < -0.39 is 5.97 Å². The van der Waals surface area contributed by atoms with Crippen LogP contribution >= 0.6 is 11.8 Å². The molecule has 0 aliphatic carbocycles. The number of hydrogen-bond donors (Lipinski definition) is 0. The van der Waals surface area contributed by atoms with Crippen molar-refractivity contribution in [3.8, 4) is 5.69 Å². The Morgan fingerprint density at radius 1 is 1.15 bits per heavy atom. The quantitative estimate of drug-likeness (QED) is 0.363. The molecule has 6 nitrogen and oxygen atoms in total. The molecule has 0 spiro atoms. The van der Waals surface area contributed by atoms with E-state index in [2.05, 4.69) is 10.2 Å². The van der Waals surface area contributed by atoms with Gasteiger partial charge in [-0.05, 0) is 25.1 Å². The summed E-state index contributed by atoms with van der Waals surface area (Å²) in [6.07, 6.45) is 1.68. The van der Waals surface area contributed by atoms with Gasteiger partial charge in [0.05, 0.1) is 6.61 Å². The standard InChI is InChI=1S/C20H17N3O3S/c1-2-25-19(24)18-16(15-10-6-7-11-17(15)26-18)12-27-20-22-21-13-23(20)14-8-4-3-5-9-14/h3-11,13H,2,12H2,1H3. The van der Waals surface area contributed by atoms with E-state index in [0.29, 0.717) is 17.9 Å². The molecule has 2 aromatic heterocycles. The summed E-state index contributed by atoms with van der Waals surface area (Å²) in [6.45, 7) is 2.07. The summed E-state index contributed by atoms with van der Waals surface area (Å²) in [5.41, 5.74) is 2.45. The number of hydrogen-bond acceptors (Lipinski definition) is 6. The van der Waals surface area contributed by atoms with Gasteiger partial charge in [-0.15, -0.1) is 10.2 Å². The SMILES string of the molecule is CCOC(=O)c1oc2ccccc2c1CSc1nncn1-c1ccccc1. The van der Waals surface area contributed by atoms with Gasteiger partial charge in [-0.3, -0.25) is 4.57 Å². The molecule has 4 rings (SSSR count). The Balaban J connectivity index is 1.66. The highest BCUT2D eigenvalue weighted by molar-refractivity contribution is 7.98. The van der Waals surface area contributed by atoms with E-state index in [-0.39, 0.29) is 5.76 Å². The number of para-hydroxylation sites is 2. The highest BCUT2D eigenvalue weighted by atomic mass is 32.2. The van der Waals surface area contributed by atoms with Gasteiger partial charge in [0.15, 0.2) is 5.16 Å². The van der Waals surface area contributed by atoms with Crippen molar-refractivity contribution < 1.29 is 13.9 Å². The number of thioether (sulfide) groups is 1. The second-order valence-corrected chi connectivity index (χ2v) is 6.68. The van der Waals surface area contributed by atoms with Gasteiger partial charge in [0.25, 0.3) is 0 Å². The van der Waals surface area contributed by atoms with Crippen LogP contribution in [0.1, 0.15) is 23.0 Å². The number of benzene rings is 2. The number of aromatic nitrogens is 3. The van der Waals surface area contributed by atoms with Crippen LogP contribution in [0.3, 0.4) is 0 Å². The Morgan fingerprint density at radius 3 is 2.74 bits per heavy atom. The third-order valence-electron chi connectivity index (χ3n) is 4.06. The second-order valence-electron chi connectivity index (χ2n) is 5.73. The van der Waals surface area contributed by atoms with Crippen LogP contribution in [0.4, 0.5) is 0 Å². The van der Waals surface area contributed by atoms with Gasteiger partial charge < -0.3 is 9.15 Å². The Morgan fingerprint density at radius 2 is 1.93 bits per heavy atom. The first-order chi connectivity index (χ1) is 13.3. The molecule has 0 aliphatic heterocycles. The van der Waals surface area contributed by atoms with E-state index in [4.69, 9.17) is 9.15 Å². The summed E-state index contributed by atoms with van der Waals surface area (Å²) in [7, 11) is 0. The lowest BCUT2D eigenvalue weighted by Gasteiger charge is -2.06. The first-order valence-corrected chi connectivity index (χ1v) is 9.52. The van der Waals surface area contributed by atoms with Crippen molar-refractivity contribution in [3.63, 3.8) is 0 Å². The Bertz CT molecular complexity index is 1070. The fourth-order valence-electron chi connectivity index (χ4n) is 2.83.